The molecule has 1 saturated carbocycles. The van der Waals surface area contributed by atoms with E-state index in [0.29, 0.717) is 6.04 Å². The number of aryl methyl sites for hydroxylation is 1. The number of benzene rings is 1. The Kier molecular flexibility index (Phi) is 8.00. The number of halogens is 1. The van der Waals surface area contributed by atoms with Crippen molar-refractivity contribution >= 4 is 29.9 Å². The number of rotatable bonds is 5. The van der Waals surface area contributed by atoms with Gasteiger partial charge in [-0.05, 0) is 56.7 Å². The molecule has 0 spiro atoms. The zero-order valence-corrected chi connectivity index (χ0v) is 18.1. The van der Waals surface area contributed by atoms with Crippen molar-refractivity contribution < 1.29 is 0 Å². The highest BCUT2D eigenvalue weighted by atomic mass is 127. The second kappa shape index (κ2) is 9.76. The molecule has 0 aromatic heterocycles. The molecule has 3 rings (SSSR count). The van der Waals surface area contributed by atoms with Gasteiger partial charge < -0.3 is 10.6 Å². The Morgan fingerprint density at radius 1 is 1.20 bits per heavy atom. The fourth-order valence-corrected chi connectivity index (χ4v) is 3.43. The molecule has 1 aliphatic heterocycles. The quantitative estimate of drug-likeness (QED) is 0.406. The van der Waals surface area contributed by atoms with Crippen LogP contribution in [0.2, 0.25) is 0 Å². The SMILES string of the molecule is CN=C(NCC1CCN(Cc2ccc(C)cc2)CC1)NC1CC1C.I. The van der Waals surface area contributed by atoms with Gasteiger partial charge in [-0.2, -0.15) is 0 Å². The Bertz CT molecular complexity index is 549. The molecular weight excluding hydrogens is 423 g/mol. The zero-order chi connectivity index (χ0) is 16.9. The number of hydrogen-bond acceptors (Lipinski definition) is 2. The van der Waals surface area contributed by atoms with E-state index >= 15 is 0 Å². The molecular formula is C20H33IN4. The minimum absolute atomic E-state index is 0. The number of aliphatic imine (C=N–C) groups is 1. The van der Waals surface area contributed by atoms with Crippen LogP contribution >= 0.6 is 24.0 Å². The van der Waals surface area contributed by atoms with Gasteiger partial charge in [0.25, 0.3) is 0 Å². The van der Waals surface area contributed by atoms with E-state index in [9.17, 15) is 0 Å². The van der Waals surface area contributed by atoms with E-state index in [1.807, 2.05) is 7.05 Å². The number of nitrogens with zero attached hydrogens (tertiary/aromatic N) is 2. The molecule has 25 heavy (non-hydrogen) atoms. The lowest BCUT2D eigenvalue weighted by molar-refractivity contribution is 0.178. The maximum absolute atomic E-state index is 4.35. The Morgan fingerprint density at radius 2 is 1.84 bits per heavy atom. The summed E-state index contributed by atoms with van der Waals surface area (Å²) in [5.41, 5.74) is 2.77. The Balaban J connectivity index is 0.00000225. The first-order chi connectivity index (χ1) is 11.6. The van der Waals surface area contributed by atoms with Gasteiger partial charge in [0.05, 0.1) is 0 Å². The minimum atomic E-state index is 0. The van der Waals surface area contributed by atoms with E-state index < -0.39 is 0 Å². The maximum atomic E-state index is 4.35. The second-order valence-corrected chi connectivity index (χ2v) is 7.62. The lowest BCUT2D eigenvalue weighted by atomic mass is 9.96. The molecule has 140 valence electrons. The number of likely N-dealkylation sites (tertiary alicyclic amines) is 1. The van der Waals surface area contributed by atoms with Gasteiger partial charge in [-0.1, -0.05) is 36.8 Å². The number of guanidine groups is 1. The van der Waals surface area contributed by atoms with Crippen molar-refractivity contribution in [2.75, 3.05) is 26.7 Å². The topological polar surface area (TPSA) is 39.7 Å². The van der Waals surface area contributed by atoms with Crippen LogP contribution in [0.3, 0.4) is 0 Å². The molecule has 4 nitrogen and oxygen atoms in total. The second-order valence-electron chi connectivity index (χ2n) is 7.62. The number of piperidine rings is 1. The first-order valence-electron chi connectivity index (χ1n) is 9.39. The van der Waals surface area contributed by atoms with Crippen molar-refractivity contribution in [2.45, 2.75) is 45.7 Å². The Hall–Kier alpha value is -0.820. The summed E-state index contributed by atoms with van der Waals surface area (Å²) in [5.74, 6) is 2.54. The highest BCUT2D eigenvalue weighted by molar-refractivity contribution is 14.0. The lowest BCUT2D eigenvalue weighted by Gasteiger charge is -2.32. The molecule has 5 heteroatoms. The lowest BCUT2D eigenvalue weighted by Crippen LogP contribution is -2.43. The van der Waals surface area contributed by atoms with Crippen LogP contribution in [-0.2, 0) is 6.54 Å². The van der Waals surface area contributed by atoms with Crippen LogP contribution in [0.4, 0.5) is 0 Å². The first kappa shape index (κ1) is 20.5. The Labute approximate surface area is 169 Å². The van der Waals surface area contributed by atoms with Crippen molar-refractivity contribution in [3.8, 4) is 0 Å². The summed E-state index contributed by atoms with van der Waals surface area (Å²) in [7, 11) is 1.87. The summed E-state index contributed by atoms with van der Waals surface area (Å²) in [6.07, 6.45) is 3.82. The smallest absolute Gasteiger partial charge is 0.191 e. The fraction of sp³-hybridized carbons (Fsp3) is 0.650. The minimum Gasteiger partial charge on any atom is -0.356 e. The third-order valence-electron chi connectivity index (χ3n) is 5.45. The zero-order valence-electron chi connectivity index (χ0n) is 15.8. The molecule has 1 aromatic carbocycles. The molecule has 0 radical (unpaired) electrons. The van der Waals surface area contributed by atoms with Crippen LogP contribution in [0, 0.1) is 18.8 Å². The average molecular weight is 456 g/mol. The van der Waals surface area contributed by atoms with Gasteiger partial charge in [-0.25, -0.2) is 0 Å². The number of nitrogens with one attached hydrogen (secondary N) is 2. The highest BCUT2D eigenvalue weighted by Crippen LogP contribution is 2.28. The van der Waals surface area contributed by atoms with Gasteiger partial charge in [0, 0.05) is 26.2 Å². The number of hydrogen-bond donors (Lipinski definition) is 2. The van der Waals surface area contributed by atoms with Crippen LogP contribution in [0.5, 0.6) is 0 Å². The van der Waals surface area contributed by atoms with Crippen molar-refractivity contribution in [1.82, 2.24) is 15.5 Å². The molecule has 2 aliphatic rings. The molecule has 1 heterocycles. The van der Waals surface area contributed by atoms with Gasteiger partial charge >= 0.3 is 0 Å². The predicted molar refractivity (Wildman–Crippen MR) is 117 cm³/mol. The van der Waals surface area contributed by atoms with Crippen LogP contribution in [0.25, 0.3) is 0 Å². The first-order valence-corrected chi connectivity index (χ1v) is 9.39. The molecule has 2 fully saturated rings. The summed E-state index contributed by atoms with van der Waals surface area (Å²) in [4.78, 5) is 6.93. The van der Waals surface area contributed by atoms with E-state index in [1.54, 1.807) is 0 Å². The van der Waals surface area contributed by atoms with Crippen molar-refractivity contribution in [1.29, 1.82) is 0 Å². The predicted octanol–water partition coefficient (Wildman–Crippen LogP) is 3.40. The van der Waals surface area contributed by atoms with E-state index in [0.717, 1.165) is 30.9 Å². The largest absolute Gasteiger partial charge is 0.356 e. The molecule has 1 aliphatic carbocycles. The molecule has 1 aromatic rings. The van der Waals surface area contributed by atoms with Gasteiger partial charge in [0.15, 0.2) is 5.96 Å². The van der Waals surface area contributed by atoms with Gasteiger partial charge in [0.2, 0.25) is 0 Å². The molecule has 2 atom stereocenters. The van der Waals surface area contributed by atoms with Gasteiger partial charge in [-0.3, -0.25) is 9.89 Å². The third-order valence-corrected chi connectivity index (χ3v) is 5.45. The third kappa shape index (κ3) is 6.44. The van der Waals surface area contributed by atoms with Crippen LogP contribution in [-0.4, -0.2) is 43.6 Å². The highest BCUT2D eigenvalue weighted by Gasteiger charge is 2.33. The molecule has 2 N–H and O–H groups in total. The van der Waals surface area contributed by atoms with Crippen LogP contribution < -0.4 is 10.6 Å². The fourth-order valence-electron chi connectivity index (χ4n) is 3.43. The summed E-state index contributed by atoms with van der Waals surface area (Å²) in [5, 5.41) is 7.03. The summed E-state index contributed by atoms with van der Waals surface area (Å²) < 4.78 is 0. The standard InChI is InChI=1S/C20H32N4.HI/c1-15-4-6-18(7-5-15)14-24-10-8-17(9-11-24)13-22-20(21-3)23-19-12-16(19)2;/h4-7,16-17,19H,8-14H2,1-3H3,(H2,21,22,23);1H. The summed E-state index contributed by atoms with van der Waals surface area (Å²) in [6.45, 7) is 8.96. The molecule has 0 bridgehead atoms. The van der Waals surface area contributed by atoms with Crippen molar-refractivity contribution in [3.05, 3.63) is 35.4 Å². The summed E-state index contributed by atoms with van der Waals surface area (Å²) >= 11 is 0. The molecule has 2 unspecified atom stereocenters. The average Bonchev–Trinajstić information content (AvgIpc) is 3.30. The monoisotopic (exact) mass is 456 g/mol. The van der Waals surface area contributed by atoms with Crippen LogP contribution in [0.1, 0.15) is 37.3 Å². The van der Waals surface area contributed by atoms with Gasteiger partial charge in [-0.15, -0.1) is 24.0 Å². The van der Waals surface area contributed by atoms with Crippen LogP contribution in [0.15, 0.2) is 29.3 Å². The van der Waals surface area contributed by atoms with E-state index in [2.05, 4.69) is 58.6 Å². The van der Waals surface area contributed by atoms with Gasteiger partial charge in [0.1, 0.15) is 0 Å². The van der Waals surface area contributed by atoms with E-state index in [-0.39, 0.29) is 24.0 Å². The normalized spacial score (nSPS) is 24.5. The van der Waals surface area contributed by atoms with Crippen molar-refractivity contribution in [2.24, 2.45) is 16.8 Å². The Morgan fingerprint density at radius 3 is 2.40 bits per heavy atom. The van der Waals surface area contributed by atoms with E-state index in [4.69, 9.17) is 0 Å². The van der Waals surface area contributed by atoms with E-state index in [1.165, 1.54) is 43.5 Å². The molecule has 1 saturated heterocycles. The summed E-state index contributed by atoms with van der Waals surface area (Å²) in [6, 6.07) is 9.58. The van der Waals surface area contributed by atoms with Crippen molar-refractivity contribution in [3.63, 3.8) is 0 Å². The maximum Gasteiger partial charge on any atom is 0.191 e. The molecule has 0 amide bonds.